The number of alkyl carbamates (subject to hydrolysis) is 2. The summed E-state index contributed by atoms with van der Waals surface area (Å²) in [4.78, 5) is 38.5. The van der Waals surface area contributed by atoms with Crippen LogP contribution in [0.5, 0.6) is 0 Å². The van der Waals surface area contributed by atoms with Gasteiger partial charge in [0.2, 0.25) is 5.96 Å². The number of nitrogens with zero attached hydrogens (tertiary/aromatic N) is 3. The number of fused-ring (bicyclic) bond motifs is 1. The molecule has 0 atom stereocenters. The quantitative estimate of drug-likeness (QED) is 0.293. The molecule has 0 aliphatic rings. The van der Waals surface area contributed by atoms with Gasteiger partial charge in [0.15, 0.2) is 0 Å². The Kier molecular flexibility index (Phi) is 8.63. The molecule has 3 rings (SSSR count). The van der Waals surface area contributed by atoms with E-state index in [1.165, 1.54) is 5.56 Å². The van der Waals surface area contributed by atoms with Crippen molar-refractivity contribution in [2.24, 2.45) is 4.99 Å². The molecule has 0 fully saturated rings. The number of hydrogen-bond acceptors (Lipinski definition) is 7. The summed E-state index contributed by atoms with van der Waals surface area (Å²) in [6.45, 7) is 17.2. The first-order valence-corrected chi connectivity index (χ1v) is 12.9. The molecule has 0 bridgehead atoms. The molecular weight excluding hydrogens is 494 g/mol. The number of nitrogens with one attached hydrogen (secondary N) is 2. The normalized spacial score (nSPS) is 12.0. The second-order valence-electron chi connectivity index (χ2n) is 12.3. The number of aliphatic imine (C=N–C) groups is 1. The number of carbonyl (C=O) groups excluding carboxylic acids is 2. The number of aromatic nitrogens is 2. The highest BCUT2D eigenvalue weighted by atomic mass is 16.6. The minimum absolute atomic E-state index is 0.0330. The summed E-state index contributed by atoms with van der Waals surface area (Å²) in [5.74, 6) is -0.0845. The van der Waals surface area contributed by atoms with Crippen molar-refractivity contribution in [3.63, 3.8) is 0 Å². The monoisotopic (exact) mass is 533 g/mol. The maximum absolute atomic E-state index is 12.3. The van der Waals surface area contributed by atoms with E-state index in [-0.39, 0.29) is 17.9 Å². The van der Waals surface area contributed by atoms with Crippen LogP contribution in [-0.4, -0.2) is 39.3 Å². The summed E-state index contributed by atoms with van der Waals surface area (Å²) in [5, 5.41) is 4.97. The van der Waals surface area contributed by atoms with Crippen molar-refractivity contribution in [1.29, 1.82) is 0 Å². The van der Waals surface area contributed by atoms with Gasteiger partial charge < -0.3 is 9.47 Å². The lowest BCUT2D eigenvalue weighted by Gasteiger charge is -2.22. The van der Waals surface area contributed by atoms with Gasteiger partial charge in [-0.3, -0.25) is 15.6 Å². The van der Waals surface area contributed by atoms with E-state index in [1.54, 1.807) is 47.7 Å². The van der Waals surface area contributed by atoms with Crippen molar-refractivity contribution in [1.82, 2.24) is 20.6 Å². The van der Waals surface area contributed by atoms with E-state index in [4.69, 9.17) is 14.5 Å². The van der Waals surface area contributed by atoms with Crippen LogP contribution in [0.3, 0.4) is 0 Å². The van der Waals surface area contributed by atoms with Crippen LogP contribution in [0.2, 0.25) is 0 Å². The molecule has 0 aliphatic carbocycles. The maximum atomic E-state index is 12.3. The number of ether oxygens (including phenoxy) is 2. The first kappa shape index (κ1) is 29.5. The van der Waals surface area contributed by atoms with Gasteiger partial charge in [0.1, 0.15) is 11.2 Å². The van der Waals surface area contributed by atoms with Crippen LogP contribution in [0.1, 0.15) is 73.4 Å². The van der Waals surface area contributed by atoms with E-state index in [0.717, 1.165) is 22.3 Å². The van der Waals surface area contributed by atoms with Gasteiger partial charge in [-0.25, -0.2) is 19.6 Å². The second kappa shape index (κ2) is 11.4. The average Bonchev–Trinajstić information content (AvgIpc) is 2.79. The van der Waals surface area contributed by atoms with Gasteiger partial charge in [-0.15, -0.1) is 0 Å². The molecule has 39 heavy (non-hydrogen) atoms. The number of amides is 2. The van der Waals surface area contributed by atoms with Crippen LogP contribution in [0.4, 0.5) is 9.59 Å². The summed E-state index contributed by atoms with van der Waals surface area (Å²) in [6, 6.07) is 14.0. The number of rotatable bonds is 3. The van der Waals surface area contributed by atoms with E-state index in [1.807, 2.05) is 30.3 Å². The van der Waals surface area contributed by atoms with Gasteiger partial charge in [-0.2, -0.15) is 0 Å². The van der Waals surface area contributed by atoms with Crippen molar-refractivity contribution in [2.75, 3.05) is 0 Å². The van der Waals surface area contributed by atoms with Crippen molar-refractivity contribution in [3.8, 4) is 11.3 Å². The zero-order valence-corrected chi connectivity index (χ0v) is 24.3. The molecule has 2 aromatic carbocycles. The third-order valence-electron chi connectivity index (χ3n) is 5.29. The molecule has 2 N–H and O–H groups in total. The largest absolute Gasteiger partial charge is 0.444 e. The van der Waals surface area contributed by atoms with E-state index in [2.05, 4.69) is 53.5 Å². The van der Waals surface area contributed by atoms with E-state index in [9.17, 15) is 9.59 Å². The fourth-order valence-corrected chi connectivity index (χ4v) is 3.52. The topological polar surface area (TPSA) is 115 Å². The van der Waals surface area contributed by atoms with Gasteiger partial charge in [0.25, 0.3) is 0 Å². The summed E-state index contributed by atoms with van der Waals surface area (Å²) < 4.78 is 10.6. The molecule has 0 saturated heterocycles. The van der Waals surface area contributed by atoms with Crippen LogP contribution in [0.25, 0.3) is 22.3 Å². The van der Waals surface area contributed by atoms with Crippen molar-refractivity contribution in [3.05, 3.63) is 59.8 Å². The number of guanidine groups is 1. The fourth-order valence-electron chi connectivity index (χ4n) is 3.52. The van der Waals surface area contributed by atoms with Gasteiger partial charge in [-0.1, -0.05) is 45.0 Å². The first-order valence-electron chi connectivity index (χ1n) is 12.9. The van der Waals surface area contributed by atoms with Gasteiger partial charge in [-0.05, 0) is 76.3 Å². The minimum Gasteiger partial charge on any atom is -0.444 e. The summed E-state index contributed by atoms with van der Waals surface area (Å²) >= 11 is 0. The molecule has 1 heterocycles. The van der Waals surface area contributed by atoms with E-state index in [0.29, 0.717) is 5.52 Å². The maximum Gasteiger partial charge on any atom is 0.414 e. The number of hydrogen-bond donors (Lipinski definition) is 2. The summed E-state index contributed by atoms with van der Waals surface area (Å²) in [5.41, 5.74) is 3.91. The molecule has 9 heteroatoms. The highest BCUT2D eigenvalue weighted by molar-refractivity contribution is 6.01. The molecule has 0 aliphatic heterocycles. The average molecular weight is 534 g/mol. The predicted octanol–water partition coefficient (Wildman–Crippen LogP) is 6.50. The molecule has 0 radical (unpaired) electrons. The van der Waals surface area contributed by atoms with Crippen LogP contribution in [0.15, 0.2) is 53.7 Å². The Labute approximate surface area is 230 Å². The highest BCUT2D eigenvalue weighted by Crippen LogP contribution is 2.27. The summed E-state index contributed by atoms with van der Waals surface area (Å²) in [7, 11) is 0. The van der Waals surface area contributed by atoms with E-state index < -0.39 is 23.4 Å². The Morgan fingerprint density at radius 3 is 2.00 bits per heavy atom. The zero-order valence-electron chi connectivity index (χ0n) is 24.3. The molecule has 0 saturated carbocycles. The Hall–Kier alpha value is -4.01. The van der Waals surface area contributed by atoms with E-state index >= 15 is 0 Å². The van der Waals surface area contributed by atoms with Crippen LogP contribution in [0, 0.1) is 0 Å². The lowest BCUT2D eigenvalue weighted by Crippen LogP contribution is -2.47. The second-order valence-corrected chi connectivity index (χ2v) is 12.3. The highest BCUT2D eigenvalue weighted by Gasteiger charge is 2.21. The third kappa shape index (κ3) is 9.35. The Bertz CT molecular complexity index is 1350. The Balaban J connectivity index is 1.82. The first-order chi connectivity index (χ1) is 18.0. The zero-order chi connectivity index (χ0) is 29.0. The number of carbonyl (C=O) groups is 2. The molecule has 2 amide bonds. The molecule has 208 valence electrons. The fraction of sp³-hybridized carbons (Fsp3) is 0.433. The Morgan fingerprint density at radius 1 is 0.821 bits per heavy atom. The van der Waals surface area contributed by atoms with Gasteiger partial charge in [0.05, 0.1) is 29.5 Å². The van der Waals surface area contributed by atoms with Crippen molar-refractivity contribution in [2.45, 2.75) is 85.5 Å². The molecule has 1 aromatic heterocycles. The lowest BCUT2D eigenvalue weighted by molar-refractivity contribution is 0.0545. The molecular formula is C30H39N5O4. The molecule has 0 spiro atoms. The SMILES string of the molecule is CC(C)(C)OC(=O)NC(=NCc1ccc2nc(-c3cccc(C(C)(C)C)c3)cnc2c1)NC(=O)OC(C)(C)C. The van der Waals surface area contributed by atoms with Gasteiger partial charge >= 0.3 is 12.2 Å². The van der Waals surface area contributed by atoms with Crippen LogP contribution >= 0.6 is 0 Å². The van der Waals surface area contributed by atoms with Crippen molar-refractivity contribution >= 4 is 29.2 Å². The minimum atomic E-state index is -0.746. The molecule has 3 aromatic rings. The smallest absolute Gasteiger partial charge is 0.414 e. The predicted molar refractivity (Wildman–Crippen MR) is 154 cm³/mol. The molecule has 9 nitrogen and oxygen atoms in total. The standard InChI is InChI=1S/C30H39N5O4/c1-28(2,3)21-12-10-11-20(16-21)24-18-31-23-15-19(13-14-22(23)33-24)17-32-25(34-26(36)38-29(4,5)6)35-27(37)39-30(7,8)9/h10-16,18H,17H2,1-9H3,(H2,32,34,35,36,37). The number of benzene rings is 2. The van der Waals surface area contributed by atoms with Crippen LogP contribution in [-0.2, 0) is 21.4 Å². The third-order valence-corrected chi connectivity index (χ3v) is 5.29. The van der Waals surface area contributed by atoms with Crippen LogP contribution < -0.4 is 10.6 Å². The molecule has 0 unspecified atom stereocenters. The summed E-state index contributed by atoms with van der Waals surface area (Å²) in [6.07, 6.45) is 0.269. The lowest BCUT2D eigenvalue weighted by atomic mass is 9.86. The Morgan fingerprint density at radius 2 is 1.44 bits per heavy atom. The van der Waals surface area contributed by atoms with Gasteiger partial charge in [0, 0.05) is 5.56 Å². The van der Waals surface area contributed by atoms with Crippen molar-refractivity contribution < 1.29 is 19.1 Å².